The zero-order valence-electron chi connectivity index (χ0n) is 13.0. The first kappa shape index (κ1) is 18.6. The fourth-order valence-corrected chi connectivity index (χ4v) is 2.31. The quantitative estimate of drug-likeness (QED) is 0.397. The van der Waals surface area contributed by atoms with Gasteiger partial charge in [0.15, 0.2) is 0 Å². The summed E-state index contributed by atoms with van der Waals surface area (Å²) in [7, 11) is 0. The summed E-state index contributed by atoms with van der Waals surface area (Å²) in [6, 6.07) is 0. The minimum absolute atomic E-state index is 0.0612. The largest absolute Gasteiger partial charge is 0.388 e. The van der Waals surface area contributed by atoms with Crippen LogP contribution in [0.25, 0.3) is 0 Å². The normalized spacial score (nSPS) is 27.5. The topological polar surface area (TPSA) is 79.2 Å². The van der Waals surface area contributed by atoms with Gasteiger partial charge in [0.2, 0.25) is 0 Å². The first-order valence-corrected chi connectivity index (χ1v) is 8.05. The molecule has 1 fully saturated rings. The highest BCUT2D eigenvalue weighted by atomic mass is 16.5. The van der Waals surface area contributed by atoms with Gasteiger partial charge in [-0.25, -0.2) is 0 Å². The molecule has 0 amide bonds. The van der Waals surface area contributed by atoms with E-state index in [4.69, 9.17) is 9.47 Å². The molecule has 21 heavy (non-hydrogen) atoms. The third kappa shape index (κ3) is 7.38. The molecule has 5 nitrogen and oxygen atoms in total. The first-order chi connectivity index (χ1) is 10.2. The first-order valence-electron chi connectivity index (χ1n) is 8.05. The third-order valence-corrected chi connectivity index (χ3v) is 3.66. The lowest BCUT2D eigenvalue weighted by molar-refractivity contribution is -0.0811. The number of rotatable bonds is 11. The highest BCUT2D eigenvalue weighted by molar-refractivity contribution is 4.87. The van der Waals surface area contributed by atoms with Crippen LogP contribution in [-0.4, -0.2) is 59.6 Å². The van der Waals surface area contributed by atoms with Gasteiger partial charge in [0.25, 0.3) is 0 Å². The van der Waals surface area contributed by atoms with E-state index in [1.165, 1.54) is 19.3 Å². The van der Waals surface area contributed by atoms with Crippen molar-refractivity contribution in [3.8, 4) is 0 Å². The lowest BCUT2D eigenvalue weighted by Gasteiger charge is -2.20. The summed E-state index contributed by atoms with van der Waals surface area (Å²) in [5, 5.41) is 28.7. The molecule has 1 saturated heterocycles. The van der Waals surface area contributed by atoms with E-state index in [2.05, 4.69) is 19.1 Å². The van der Waals surface area contributed by atoms with E-state index >= 15 is 0 Å². The number of aliphatic hydroxyl groups is 3. The molecule has 0 bridgehead atoms. The van der Waals surface area contributed by atoms with Crippen molar-refractivity contribution in [2.75, 3.05) is 19.8 Å². The number of ether oxygens (including phenoxy) is 2. The van der Waals surface area contributed by atoms with Crippen molar-refractivity contribution in [3.63, 3.8) is 0 Å². The van der Waals surface area contributed by atoms with Gasteiger partial charge in [-0.05, 0) is 25.7 Å². The molecule has 4 atom stereocenters. The monoisotopic (exact) mass is 302 g/mol. The molecule has 0 spiro atoms. The second kappa shape index (κ2) is 11.2. The van der Waals surface area contributed by atoms with E-state index in [0.29, 0.717) is 6.61 Å². The molecule has 0 aromatic heterocycles. The summed E-state index contributed by atoms with van der Waals surface area (Å²) < 4.78 is 10.5. The van der Waals surface area contributed by atoms with Gasteiger partial charge in [0, 0.05) is 6.61 Å². The molecular weight excluding hydrogens is 272 g/mol. The van der Waals surface area contributed by atoms with Gasteiger partial charge in [0.05, 0.1) is 13.2 Å². The minimum atomic E-state index is -1.03. The maximum atomic E-state index is 9.83. The molecule has 3 N–H and O–H groups in total. The summed E-state index contributed by atoms with van der Waals surface area (Å²) in [5.41, 5.74) is 0. The van der Waals surface area contributed by atoms with Crippen molar-refractivity contribution in [2.24, 2.45) is 0 Å². The smallest absolute Gasteiger partial charge is 0.114 e. The second-order valence-corrected chi connectivity index (χ2v) is 5.61. The highest BCUT2D eigenvalue weighted by Gasteiger charge is 2.39. The van der Waals surface area contributed by atoms with E-state index in [0.717, 1.165) is 19.3 Å². The van der Waals surface area contributed by atoms with Crippen LogP contribution >= 0.6 is 0 Å². The number of unbranched alkanes of at least 4 members (excludes halogenated alkanes) is 4. The molecule has 0 aromatic carbocycles. The van der Waals surface area contributed by atoms with Crippen molar-refractivity contribution >= 4 is 0 Å². The zero-order valence-corrected chi connectivity index (χ0v) is 13.0. The van der Waals surface area contributed by atoms with Gasteiger partial charge in [-0.2, -0.15) is 0 Å². The Morgan fingerprint density at radius 1 is 1.19 bits per heavy atom. The number of hydrogen-bond acceptors (Lipinski definition) is 5. The summed E-state index contributed by atoms with van der Waals surface area (Å²) >= 11 is 0. The second-order valence-electron chi connectivity index (χ2n) is 5.61. The highest BCUT2D eigenvalue weighted by Crippen LogP contribution is 2.17. The van der Waals surface area contributed by atoms with Gasteiger partial charge in [-0.1, -0.05) is 31.9 Å². The van der Waals surface area contributed by atoms with Gasteiger partial charge < -0.3 is 24.8 Å². The fraction of sp³-hybridized carbons (Fsp3) is 0.875. The molecule has 0 aliphatic carbocycles. The van der Waals surface area contributed by atoms with Crippen molar-refractivity contribution in [1.29, 1.82) is 0 Å². The lowest BCUT2D eigenvalue weighted by atomic mass is 10.1. The van der Waals surface area contributed by atoms with Crippen molar-refractivity contribution in [3.05, 3.63) is 12.2 Å². The molecule has 5 heteroatoms. The minimum Gasteiger partial charge on any atom is -0.388 e. The zero-order chi connectivity index (χ0) is 15.5. The van der Waals surface area contributed by atoms with Crippen LogP contribution in [0.1, 0.15) is 45.4 Å². The Labute approximate surface area is 127 Å². The molecule has 1 heterocycles. The Morgan fingerprint density at radius 2 is 1.90 bits per heavy atom. The summed E-state index contributed by atoms with van der Waals surface area (Å²) in [5.74, 6) is 0. The molecule has 1 aliphatic heterocycles. The van der Waals surface area contributed by atoms with E-state index in [1.807, 2.05) is 0 Å². The average molecular weight is 302 g/mol. The number of allylic oxidation sites excluding steroid dienone is 2. The van der Waals surface area contributed by atoms with Gasteiger partial charge in [-0.3, -0.25) is 0 Å². The molecule has 0 unspecified atom stereocenters. The van der Waals surface area contributed by atoms with Crippen LogP contribution in [0, 0.1) is 0 Å². The van der Waals surface area contributed by atoms with Gasteiger partial charge >= 0.3 is 0 Å². The van der Waals surface area contributed by atoms with Crippen LogP contribution in [0.2, 0.25) is 0 Å². The van der Waals surface area contributed by atoms with E-state index in [-0.39, 0.29) is 13.2 Å². The number of aliphatic hydroxyl groups excluding tert-OH is 3. The SMILES string of the molecule is CCCCC/C=C/CCCOC[C@@H](O)[C@H]1OC[C@H](O)[C@H]1O. The van der Waals surface area contributed by atoms with Crippen LogP contribution in [0.4, 0.5) is 0 Å². The van der Waals surface area contributed by atoms with Gasteiger partial charge in [-0.15, -0.1) is 0 Å². The predicted molar refractivity (Wildman–Crippen MR) is 81.1 cm³/mol. The van der Waals surface area contributed by atoms with Crippen LogP contribution < -0.4 is 0 Å². The lowest BCUT2D eigenvalue weighted by Crippen LogP contribution is -2.40. The van der Waals surface area contributed by atoms with Crippen LogP contribution in [0.3, 0.4) is 0 Å². The Balaban J connectivity index is 1.96. The van der Waals surface area contributed by atoms with E-state index in [1.54, 1.807) is 0 Å². The van der Waals surface area contributed by atoms with E-state index in [9.17, 15) is 15.3 Å². The summed E-state index contributed by atoms with van der Waals surface area (Å²) in [4.78, 5) is 0. The molecular formula is C16H30O5. The summed E-state index contributed by atoms with van der Waals surface area (Å²) in [6.07, 6.45) is 7.62. The fourth-order valence-electron chi connectivity index (χ4n) is 2.31. The van der Waals surface area contributed by atoms with Crippen LogP contribution in [0.15, 0.2) is 12.2 Å². The standard InChI is InChI=1S/C16H30O5/c1-2-3-4-5-6-7-8-9-10-20-11-14(18)16-15(19)13(17)12-21-16/h6-7,13-19H,2-5,8-12H2,1H3/b7-6+/t13-,14+,15+,16+/m0/s1. The molecule has 0 radical (unpaired) electrons. The Morgan fingerprint density at radius 3 is 2.52 bits per heavy atom. The average Bonchev–Trinajstić information content (AvgIpc) is 2.81. The molecule has 0 aromatic rings. The molecule has 0 saturated carbocycles. The summed E-state index contributed by atoms with van der Waals surface area (Å²) in [6.45, 7) is 2.95. The van der Waals surface area contributed by atoms with Gasteiger partial charge in [0.1, 0.15) is 24.4 Å². The molecule has 1 aliphatic rings. The van der Waals surface area contributed by atoms with Crippen LogP contribution in [0.5, 0.6) is 0 Å². The molecule has 124 valence electrons. The van der Waals surface area contributed by atoms with Crippen molar-refractivity contribution in [2.45, 2.75) is 69.9 Å². The Kier molecular flexibility index (Phi) is 9.87. The third-order valence-electron chi connectivity index (χ3n) is 3.66. The van der Waals surface area contributed by atoms with Crippen LogP contribution in [-0.2, 0) is 9.47 Å². The van der Waals surface area contributed by atoms with Crippen molar-refractivity contribution in [1.82, 2.24) is 0 Å². The maximum absolute atomic E-state index is 9.83. The molecule has 1 rings (SSSR count). The predicted octanol–water partition coefficient (Wildman–Crippen LogP) is 1.40. The Bertz CT molecular complexity index is 282. The number of hydrogen-bond donors (Lipinski definition) is 3. The maximum Gasteiger partial charge on any atom is 0.114 e. The van der Waals surface area contributed by atoms with E-state index < -0.39 is 24.4 Å². The van der Waals surface area contributed by atoms with Crippen molar-refractivity contribution < 1.29 is 24.8 Å². The Hall–Kier alpha value is -0.460.